The molecule has 1 N–H and O–H groups in total. The van der Waals surface area contributed by atoms with Gasteiger partial charge in [-0.2, -0.15) is 0 Å². The summed E-state index contributed by atoms with van der Waals surface area (Å²) < 4.78 is 32.4. The van der Waals surface area contributed by atoms with Gasteiger partial charge in [0.15, 0.2) is 0 Å². The molecule has 2 aromatic carbocycles. The number of benzene rings is 2. The minimum Gasteiger partial charge on any atom is -0.465 e. The van der Waals surface area contributed by atoms with Crippen molar-refractivity contribution in [2.24, 2.45) is 0 Å². The summed E-state index contributed by atoms with van der Waals surface area (Å²) in [5, 5.41) is 0. The molecule has 1 aliphatic carbocycles. The summed E-state index contributed by atoms with van der Waals surface area (Å²) in [5.41, 5.74) is 2.63. The van der Waals surface area contributed by atoms with Crippen molar-refractivity contribution in [1.29, 1.82) is 0 Å². The van der Waals surface area contributed by atoms with Crippen LogP contribution in [0.3, 0.4) is 0 Å². The Kier molecular flexibility index (Phi) is 4.69. The van der Waals surface area contributed by atoms with Crippen molar-refractivity contribution >= 4 is 16.0 Å². The second-order valence-electron chi connectivity index (χ2n) is 5.85. The van der Waals surface area contributed by atoms with Gasteiger partial charge in [0.05, 0.1) is 17.6 Å². The van der Waals surface area contributed by atoms with E-state index in [1.807, 2.05) is 6.07 Å². The molecule has 0 saturated heterocycles. The first kappa shape index (κ1) is 16.7. The van der Waals surface area contributed by atoms with Gasteiger partial charge in [0.1, 0.15) is 0 Å². The van der Waals surface area contributed by atoms with Crippen LogP contribution in [0, 0.1) is 0 Å². The first-order chi connectivity index (χ1) is 11.5. The lowest BCUT2D eigenvalue weighted by Crippen LogP contribution is -2.38. The average molecular weight is 345 g/mol. The Morgan fingerprint density at radius 1 is 1.12 bits per heavy atom. The molecule has 1 aliphatic rings. The molecule has 0 amide bonds. The number of nitrogens with one attached hydrogen (secondary N) is 1. The first-order valence-electron chi connectivity index (χ1n) is 7.77. The predicted molar refractivity (Wildman–Crippen MR) is 90.4 cm³/mol. The monoisotopic (exact) mass is 345 g/mol. The topological polar surface area (TPSA) is 72.5 Å². The van der Waals surface area contributed by atoms with Crippen molar-refractivity contribution in [2.75, 3.05) is 7.11 Å². The van der Waals surface area contributed by atoms with Gasteiger partial charge in [-0.05, 0) is 54.7 Å². The van der Waals surface area contributed by atoms with Gasteiger partial charge in [-0.3, -0.25) is 0 Å². The summed E-state index contributed by atoms with van der Waals surface area (Å²) in [5.74, 6) is -0.384. The van der Waals surface area contributed by atoms with Gasteiger partial charge in [-0.25, -0.2) is 17.9 Å². The van der Waals surface area contributed by atoms with Crippen LogP contribution in [0.15, 0.2) is 53.4 Å². The van der Waals surface area contributed by atoms with Gasteiger partial charge in [-0.15, -0.1) is 0 Å². The third-order valence-corrected chi connectivity index (χ3v) is 5.77. The standard InChI is InChI=1S/C18H19NO4S/c1-23-18(20)14-8-7-13-9-10-16(12-15(13)11-14)19-24(21,22)17-5-3-2-4-6-17/h2-8,11,16,19H,9-10,12H2,1H3. The molecule has 0 heterocycles. The fraction of sp³-hybridized carbons (Fsp3) is 0.278. The minimum absolute atomic E-state index is 0.185. The van der Waals surface area contributed by atoms with Crippen molar-refractivity contribution in [3.8, 4) is 0 Å². The number of hydrogen-bond donors (Lipinski definition) is 1. The summed E-state index contributed by atoms with van der Waals surface area (Å²) in [6.07, 6.45) is 2.07. The zero-order valence-electron chi connectivity index (χ0n) is 13.4. The van der Waals surface area contributed by atoms with E-state index in [0.29, 0.717) is 12.0 Å². The number of carbonyl (C=O) groups is 1. The Morgan fingerprint density at radius 2 is 1.88 bits per heavy atom. The average Bonchev–Trinajstić information content (AvgIpc) is 2.61. The van der Waals surface area contributed by atoms with E-state index in [1.165, 1.54) is 7.11 Å². The van der Waals surface area contributed by atoms with E-state index in [1.54, 1.807) is 42.5 Å². The molecule has 126 valence electrons. The molecule has 0 bridgehead atoms. The molecule has 0 radical (unpaired) electrons. The molecule has 0 fully saturated rings. The van der Waals surface area contributed by atoms with E-state index in [-0.39, 0.29) is 16.9 Å². The number of methoxy groups -OCH3 is 1. The molecule has 2 aromatic rings. The van der Waals surface area contributed by atoms with Crippen LogP contribution in [-0.2, 0) is 27.6 Å². The zero-order valence-corrected chi connectivity index (χ0v) is 14.2. The molecular weight excluding hydrogens is 326 g/mol. The van der Waals surface area contributed by atoms with E-state index in [4.69, 9.17) is 4.74 Å². The maximum Gasteiger partial charge on any atom is 0.337 e. The van der Waals surface area contributed by atoms with Crippen LogP contribution >= 0.6 is 0 Å². The largest absolute Gasteiger partial charge is 0.465 e. The molecule has 1 unspecified atom stereocenters. The van der Waals surface area contributed by atoms with Gasteiger partial charge in [-0.1, -0.05) is 24.3 Å². The smallest absolute Gasteiger partial charge is 0.337 e. The maximum absolute atomic E-state index is 12.4. The number of hydrogen-bond acceptors (Lipinski definition) is 4. The highest BCUT2D eigenvalue weighted by Gasteiger charge is 2.25. The van der Waals surface area contributed by atoms with Gasteiger partial charge < -0.3 is 4.74 Å². The second kappa shape index (κ2) is 6.75. The Hall–Kier alpha value is -2.18. The SMILES string of the molecule is COC(=O)c1ccc2c(c1)CC(NS(=O)(=O)c1ccccc1)CC2. The Labute approximate surface area is 141 Å². The zero-order chi connectivity index (χ0) is 17.2. The number of ether oxygens (including phenoxy) is 1. The molecule has 0 aliphatic heterocycles. The van der Waals surface area contributed by atoms with Crippen LogP contribution < -0.4 is 4.72 Å². The summed E-state index contributed by atoms with van der Waals surface area (Å²) in [4.78, 5) is 11.9. The van der Waals surface area contributed by atoms with Crippen LogP contribution in [0.1, 0.15) is 27.9 Å². The maximum atomic E-state index is 12.4. The van der Waals surface area contributed by atoms with Crippen molar-refractivity contribution < 1.29 is 17.9 Å². The molecule has 6 heteroatoms. The second-order valence-corrected chi connectivity index (χ2v) is 7.56. The van der Waals surface area contributed by atoms with Gasteiger partial charge >= 0.3 is 5.97 Å². The highest BCUT2D eigenvalue weighted by atomic mass is 32.2. The van der Waals surface area contributed by atoms with Crippen LogP contribution in [0.4, 0.5) is 0 Å². The Balaban J connectivity index is 1.78. The molecule has 3 rings (SSSR count). The van der Waals surface area contributed by atoms with Crippen LogP contribution in [0.5, 0.6) is 0 Å². The molecule has 5 nitrogen and oxygen atoms in total. The molecule has 0 aromatic heterocycles. The summed E-state index contributed by atoms with van der Waals surface area (Å²) >= 11 is 0. The molecule has 0 spiro atoms. The number of sulfonamides is 1. The lowest BCUT2D eigenvalue weighted by molar-refractivity contribution is 0.0600. The van der Waals surface area contributed by atoms with Crippen LogP contribution in [0.25, 0.3) is 0 Å². The van der Waals surface area contributed by atoms with Crippen molar-refractivity contribution in [3.63, 3.8) is 0 Å². The predicted octanol–water partition coefficient (Wildman–Crippen LogP) is 2.31. The fourth-order valence-corrected chi connectivity index (χ4v) is 4.28. The van der Waals surface area contributed by atoms with Crippen molar-refractivity contribution in [3.05, 3.63) is 65.2 Å². The highest BCUT2D eigenvalue weighted by molar-refractivity contribution is 7.89. The molecule has 1 atom stereocenters. The van der Waals surface area contributed by atoms with Gasteiger partial charge in [0, 0.05) is 6.04 Å². The summed E-state index contributed by atoms with van der Waals surface area (Å²) in [6.45, 7) is 0. The van der Waals surface area contributed by atoms with Gasteiger partial charge in [0.25, 0.3) is 0 Å². The lowest BCUT2D eigenvalue weighted by Gasteiger charge is -2.25. The van der Waals surface area contributed by atoms with Crippen LogP contribution in [-0.4, -0.2) is 27.5 Å². The normalized spacial score (nSPS) is 17.1. The summed E-state index contributed by atoms with van der Waals surface area (Å²) in [6, 6.07) is 13.6. The quantitative estimate of drug-likeness (QED) is 0.863. The molecular formula is C18H19NO4S. The number of carbonyl (C=O) groups excluding carboxylic acids is 1. The first-order valence-corrected chi connectivity index (χ1v) is 9.25. The van der Waals surface area contributed by atoms with E-state index < -0.39 is 10.0 Å². The van der Waals surface area contributed by atoms with Crippen LogP contribution in [0.2, 0.25) is 0 Å². The molecule has 24 heavy (non-hydrogen) atoms. The highest BCUT2D eigenvalue weighted by Crippen LogP contribution is 2.24. The fourth-order valence-electron chi connectivity index (χ4n) is 2.99. The van der Waals surface area contributed by atoms with Crippen molar-refractivity contribution in [2.45, 2.75) is 30.2 Å². The van der Waals surface area contributed by atoms with Gasteiger partial charge in [0.2, 0.25) is 10.0 Å². The minimum atomic E-state index is -3.54. The van der Waals surface area contributed by atoms with E-state index in [9.17, 15) is 13.2 Å². The number of aryl methyl sites for hydroxylation is 1. The number of rotatable bonds is 4. The third-order valence-electron chi connectivity index (χ3n) is 4.23. The lowest BCUT2D eigenvalue weighted by atomic mass is 9.87. The Bertz CT molecular complexity index is 847. The van der Waals surface area contributed by atoms with E-state index in [2.05, 4.69) is 4.72 Å². The number of fused-ring (bicyclic) bond motifs is 1. The number of esters is 1. The molecule has 0 saturated carbocycles. The van der Waals surface area contributed by atoms with E-state index >= 15 is 0 Å². The van der Waals surface area contributed by atoms with Crippen molar-refractivity contribution in [1.82, 2.24) is 4.72 Å². The Morgan fingerprint density at radius 3 is 2.58 bits per heavy atom. The summed E-state index contributed by atoms with van der Waals surface area (Å²) in [7, 11) is -2.19. The van der Waals surface area contributed by atoms with E-state index in [0.717, 1.165) is 24.0 Å². The third kappa shape index (κ3) is 3.49.